The summed E-state index contributed by atoms with van der Waals surface area (Å²) in [5, 5.41) is 2.79. The Labute approximate surface area is 141 Å². The first-order chi connectivity index (χ1) is 11.5. The van der Waals surface area contributed by atoms with Gasteiger partial charge in [0.25, 0.3) is 5.91 Å². The van der Waals surface area contributed by atoms with Gasteiger partial charge in [0.15, 0.2) is 0 Å². The van der Waals surface area contributed by atoms with Gasteiger partial charge in [0.2, 0.25) is 10.0 Å². The fourth-order valence-corrected chi connectivity index (χ4v) is 4.23. The molecule has 0 saturated carbocycles. The number of aromatic amines is 1. The number of hydrogen-bond donors (Lipinski definition) is 2. The number of hydrogen-bond acceptors (Lipinski definition) is 3. The van der Waals surface area contributed by atoms with Crippen molar-refractivity contribution in [2.75, 3.05) is 13.1 Å². The fraction of sp³-hybridized carbons (Fsp3) is 0.353. The lowest BCUT2D eigenvalue weighted by molar-refractivity contribution is 0.0946. The van der Waals surface area contributed by atoms with E-state index in [1.54, 1.807) is 0 Å². The molecule has 2 heterocycles. The highest BCUT2D eigenvalue weighted by molar-refractivity contribution is 7.89. The van der Waals surface area contributed by atoms with Gasteiger partial charge in [0, 0.05) is 25.8 Å². The van der Waals surface area contributed by atoms with E-state index in [-0.39, 0.29) is 16.5 Å². The van der Waals surface area contributed by atoms with E-state index < -0.39 is 10.0 Å². The minimum atomic E-state index is -3.50. The van der Waals surface area contributed by atoms with Crippen LogP contribution in [0.4, 0.5) is 0 Å². The van der Waals surface area contributed by atoms with Crippen molar-refractivity contribution >= 4 is 15.9 Å². The van der Waals surface area contributed by atoms with Crippen LogP contribution >= 0.6 is 0 Å². The number of nitrogens with zero attached hydrogens (tertiary/aromatic N) is 1. The summed E-state index contributed by atoms with van der Waals surface area (Å²) in [6.45, 7) is 3.49. The van der Waals surface area contributed by atoms with E-state index in [2.05, 4.69) is 10.3 Å². The monoisotopic (exact) mass is 347 g/mol. The Morgan fingerprint density at radius 3 is 2.54 bits per heavy atom. The molecule has 0 aliphatic carbocycles. The van der Waals surface area contributed by atoms with Crippen LogP contribution in [0.5, 0.6) is 0 Å². The maximum absolute atomic E-state index is 12.5. The molecule has 1 aromatic carbocycles. The third kappa shape index (κ3) is 3.52. The van der Waals surface area contributed by atoms with Crippen molar-refractivity contribution < 1.29 is 13.2 Å². The van der Waals surface area contributed by atoms with Crippen LogP contribution < -0.4 is 5.32 Å². The van der Waals surface area contributed by atoms with Gasteiger partial charge in [-0.1, -0.05) is 29.8 Å². The maximum Gasteiger partial charge on any atom is 0.268 e. The Morgan fingerprint density at radius 2 is 1.88 bits per heavy atom. The molecular formula is C17H21N3O3S. The largest absolute Gasteiger partial charge is 0.356 e. The van der Waals surface area contributed by atoms with Crippen molar-refractivity contribution in [1.29, 1.82) is 0 Å². The molecule has 1 amide bonds. The van der Waals surface area contributed by atoms with Gasteiger partial charge >= 0.3 is 0 Å². The van der Waals surface area contributed by atoms with Gasteiger partial charge in [-0.25, -0.2) is 8.42 Å². The number of carbonyl (C=O) groups is 1. The summed E-state index contributed by atoms with van der Waals surface area (Å²) in [6, 6.07) is 9.27. The highest BCUT2D eigenvalue weighted by Crippen LogP contribution is 2.21. The maximum atomic E-state index is 12.5. The van der Waals surface area contributed by atoms with Crippen LogP contribution in [0.2, 0.25) is 0 Å². The summed E-state index contributed by atoms with van der Waals surface area (Å²) in [5.74, 6) is -0.321. The highest BCUT2D eigenvalue weighted by Gasteiger charge is 2.28. The van der Waals surface area contributed by atoms with Crippen LogP contribution in [0.25, 0.3) is 0 Å². The van der Waals surface area contributed by atoms with E-state index in [9.17, 15) is 13.2 Å². The molecule has 0 bridgehead atoms. The minimum absolute atomic E-state index is 0.143. The van der Waals surface area contributed by atoms with Crippen molar-refractivity contribution in [3.05, 3.63) is 53.3 Å². The molecule has 0 atom stereocenters. The van der Waals surface area contributed by atoms with Crippen molar-refractivity contribution in [1.82, 2.24) is 14.6 Å². The third-order valence-electron chi connectivity index (χ3n) is 4.18. The molecule has 1 fully saturated rings. The third-order valence-corrected chi connectivity index (χ3v) is 6.05. The van der Waals surface area contributed by atoms with Gasteiger partial charge in [-0.3, -0.25) is 4.79 Å². The lowest BCUT2D eigenvalue weighted by Gasteiger charge is -2.13. The number of benzene rings is 1. The quantitative estimate of drug-likeness (QED) is 0.868. The Bertz CT molecular complexity index is 819. The first kappa shape index (κ1) is 16.7. The molecule has 128 valence electrons. The van der Waals surface area contributed by atoms with Gasteiger partial charge in [0.05, 0.1) is 0 Å². The second kappa shape index (κ2) is 6.78. The normalized spacial score (nSPS) is 15.5. The predicted molar refractivity (Wildman–Crippen MR) is 91.1 cm³/mol. The van der Waals surface area contributed by atoms with E-state index >= 15 is 0 Å². The van der Waals surface area contributed by atoms with Crippen LogP contribution in [0.15, 0.2) is 41.4 Å². The van der Waals surface area contributed by atoms with Gasteiger partial charge in [0.1, 0.15) is 10.6 Å². The summed E-state index contributed by atoms with van der Waals surface area (Å²) in [5.41, 5.74) is 2.40. The van der Waals surface area contributed by atoms with Crippen LogP contribution in [0.3, 0.4) is 0 Å². The first-order valence-electron chi connectivity index (χ1n) is 7.99. The zero-order valence-electron chi connectivity index (χ0n) is 13.6. The second-order valence-corrected chi connectivity index (χ2v) is 7.97. The lowest BCUT2D eigenvalue weighted by Crippen LogP contribution is -2.27. The van der Waals surface area contributed by atoms with Crippen molar-refractivity contribution in [3.63, 3.8) is 0 Å². The number of aromatic nitrogens is 1. The number of carbonyl (C=O) groups excluding carboxylic acids is 1. The van der Waals surface area contributed by atoms with Crippen molar-refractivity contribution in [2.24, 2.45) is 0 Å². The standard InChI is InChI=1S/C17H21N3O3S/c1-13-4-6-14(7-5-13)11-19-17(21)16-10-15(12-18-16)24(22,23)20-8-2-3-9-20/h4-7,10,12,18H,2-3,8-9,11H2,1H3,(H,19,21). The van der Waals surface area contributed by atoms with Crippen LogP contribution in [0.1, 0.15) is 34.5 Å². The Hall–Kier alpha value is -2.12. The number of aryl methyl sites for hydroxylation is 1. The average Bonchev–Trinajstić information content (AvgIpc) is 3.26. The first-order valence-corrected chi connectivity index (χ1v) is 9.43. The van der Waals surface area contributed by atoms with Gasteiger partial charge in [-0.05, 0) is 31.4 Å². The molecule has 0 radical (unpaired) electrons. The van der Waals surface area contributed by atoms with E-state index in [4.69, 9.17) is 0 Å². The van der Waals surface area contributed by atoms with E-state index in [0.29, 0.717) is 19.6 Å². The molecule has 0 unspecified atom stereocenters. The van der Waals surface area contributed by atoms with Crippen LogP contribution in [-0.2, 0) is 16.6 Å². The summed E-state index contributed by atoms with van der Waals surface area (Å²) in [7, 11) is -3.50. The topological polar surface area (TPSA) is 82.3 Å². The number of sulfonamides is 1. The SMILES string of the molecule is Cc1ccc(CNC(=O)c2cc(S(=O)(=O)N3CCCC3)c[nH]2)cc1. The molecule has 1 aliphatic heterocycles. The summed E-state index contributed by atoms with van der Waals surface area (Å²) in [6.07, 6.45) is 3.15. The molecule has 0 spiro atoms. The Balaban J connectivity index is 1.66. The lowest BCUT2D eigenvalue weighted by atomic mass is 10.1. The highest BCUT2D eigenvalue weighted by atomic mass is 32.2. The van der Waals surface area contributed by atoms with E-state index in [1.165, 1.54) is 16.6 Å². The van der Waals surface area contributed by atoms with Gasteiger partial charge in [-0.2, -0.15) is 4.31 Å². The van der Waals surface area contributed by atoms with Gasteiger partial charge in [-0.15, -0.1) is 0 Å². The molecule has 3 rings (SSSR count). The Kier molecular flexibility index (Phi) is 4.73. The van der Waals surface area contributed by atoms with Crippen LogP contribution in [0, 0.1) is 6.92 Å². The average molecular weight is 347 g/mol. The molecule has 1 saturated heterocycles. The number of nitrogens with one attached hydrogen (secondary N) is 2. The summed E-state index contributed by atoms with van der Waals surface area (Å²) < 4.78 is 26.4. The summed E-state index contributed by atoms with van der Waals surface area (Å²) >= 11 is 0. The molecule has 7 heteroatoms. The molecule has 24 heavy (non-hydrogen) atoms. The second-order valence-electron chi connectivity index (χ2n) is 6.03. The van der Waals surface area contributed by atoms with E-state index in [1.807, 2.05) is 31.2 Å². The van der Waals surface area contributed by atoms with Gasteiger partial charge < -0.3 is 10.3 Å². The molecule has 1 aromatic heterocycles. The molecule has 2 aromatic rings. The number of H-pyrrole nitrogens is 1. The zero-order chi connectivity index (χ0) is 17.2. The predicted octanol–water partition coefficient (Wildman–Crippen LogP) is 2.04. The number of rotatable bonds is 5. The molecule has 1 aliphatic rings. The Morgan fingerprint density at radius 1 is 1.21 bits per heavy atom. The van der Waals surface area contributed by atoms with Crippen LogP contribution in [-0.4, -0.2) is 36.7 Å². The van der Waals surface area contributed by atoms with Crippen molar-refractivity contribution in [3.8, 4) is 0 Å². The van der Waals surface area contributed by atoms with E-state index in [0.717, 1.165) is 24.0 Å². The number of amides is 1. The smallest absolute Gasteiger partial charge is 0.268 e. The van der Waals surface area contributed by atoms with Crippen molar-refractivity contribution in [2.45, 2.75) is 31.2 Å². The minimum Gasteiger partial charge on any atom is -0.356 e. The fourth-order valence-electron chi connectivity index (χ4n) is 2.72. The molecular weight excluding hydrogens is 326 g/mol. The molecule has 6 nitrogen and oxygen atoms in total. The zero-order valence-corrected chi connectivity index (χ0v) is 14.4. The molecule has 2 N–H and O–H groups in total. The summed E-state index contributed by atoms with van der Waals surface area (Å²) in [4.78, 5) is 15.1.